The Bertz CT molecular complexity index is 3330. The average Bonchev–Trinajstić information content (AvgIpc) is 3.94. The molecule has 1 atom stereocenters. The van der Waals surface area contributed by atoms with Crippen molar-refractivity contribution in [3.63, 3.8) is 0 Å². The minimum atomic E-state index is -2.85. The molecule has 8 heterocycles. The number of carbonyl (C=O) groups is 4. The highest BCUT2D eigenvalue weighted by Crippen LogP contribution is 2.47. The third kappa shape index (κ3) is 9.79. The van der Waals surface area contributed by atoms with Gasteiger partial charge in [-0.05, 0) is 113 Å². The number of aromatic nitrogens is 6. The van der Waals surface area contributed by atoms with E-state index < -0.39 is 42.6 Å². The first kappa shape index (κ1) is 50.2. The zero-order chi connectivity index (χ0) is 52.3. The van der Waals surface area contributed by atoms with Crippen molar-refractivity contribution in [2.75, 3.05) is 86.7 Å². The fourth-order valence-electron chi connectivity index (χ4n) is 11.7. The molecule has 1 spiro atoms. The number of benzene rings is 3. The van der Waals surface area contributed by atoms with Crippen LogP contribution in [0, 0.1) is 17.2 Å². The van der Waals surface area contributed by atoms with Gasteiger partial charge in [0.15, 0.2) is 5.82 Å². The van der Waals surface area contributed by atoms with Crippen LogP contribution in [0.2, 0.25) is 5.02 Å². The lowest BCUT2D eigenvalue weighted by Crippen LogP contribution is -2.54. The molecule has 3 N–H and O–H groups in total. The van der Waals surface area contributed by atoms with Gasteiger partial charge in [0.2, 0.25) is 17.8 Å². The highest BCUT2D eigenvalue weighted by Gasteiger charge is 2.46. The number of likely N-dealkylation sites (tertiary alicyclic amines) is 1. The third-order valence-electron chi connectivity index (χ3n) is 15.8. The van der Waals surface area contributed by atoms with E-state index in [1.807, 2.05) is 36.5 Å². The van der Waals surface area contributed by atoms with Crippen molar-refractivity contribution >= 4 is 93.2 Å². The number of nitrogens with zero attached hydrogens (tertiary/aromatic N) is 10. The van der Waals surface area contributed by atoms with Gasteiger partial charge in [0, 0.05) is 87.7 Å². The molecule has 0 bridgehead atoms. The highest BCUT2D eigenvalue weighted by molar-refractivity contribution is 7.71. The molecule has 75 heavy (non-hydrogen) atoms. The quantitative estimate of drug-likeness (QED) is 0.0807. The van der Waals surface area contributed by atoms with Crippen LogP contribution in [0.5, 0.6) is 5.75 Å². The molecule has 3 aromatic carbocycles. The Morgan fingerprint density at radius 3 is 2.23 bits per heavy atom. The Kier molecular flexibility index (Phi) is 13.3. The largest absolute Gasteiger partial charge is 0.494 e. The van der Waals surface area contributed by atoms with Crippen LogP contribution in [-0.2, 0) is 21.2 Å². The van der Waals surface area contributed by atoms with E-state index in [9.17, 15) is 23.7 Å². The molecule has 4 fully saturated rings. The molecule has 0 saturated carbocycles. The number of imide groups is 2. The number of carbonyl (C=O) groups excluding carboxylic acids is 4. The van der Waals surface area contributed by atoms with Gasteiger partial charge in [-0.1, -0.05) is 11.6 Å². The van der Waals surface area contributed by atoms with E-state index in [2.05, 4.69) is 57.9 Å². The maximum atomic E-state index is 15.7. The summed E-state index contributed by atoms with van der Waals surface area (Å²) in [5.41, 5.74) is 5.94. The normalized spacial score (nSPS) is 19.5. The van der Waals surface area contributed by atoms with Gasteiger partial charge in [-0.2, -0.15) is 10.1 Å². The van der Waals surface area contributed by atoms with Crippen LogP contribution in [0.25, 0.3) is 22.2 Å². The first-order valence-electron chi connectivity index (χ1n) is 25.4. The third-order valence-corrected chi connectivity index (χ3v) is 17.6. The first-order chi connectivity index (χ1) is 36.0. The number of nitrogens with one attached hydrogen (secondary N) is 3. The molecular formula is C53H58ClFN13O6P. The molecule has 4 amide bonds. The number of anilines is 6. The summed E-state index contributed by atoms with van der Waals surface area (Å²) >= 11 is 6.68. The number of fused-ring (bicyclic) bond motifs is 2. The van der Waals surface area contributed by atoms with Gasteiger partial charge in [0.05, 0.1) is 58.5 Å². The SMILES string of the molecule is COc1cc(N2CCC3(CCN(CC4CCN(c5cc6c(cc5F)C(=O)N([C@@H]5CCC(=O)NC5=O)C6=O)CC4)CC3)CC2)c(-c2cnn(C)c2)cc1Nc1ncc(Cl)c(Nc2ccc3nccnc3c2P(C)(C)=O)n1. The van der Waals surface area contributed by atoms with Crippen LogP contribution in [0.1, 0.15) is 72.1 Å². The molecule has 5 aliphatic rings. The van der Waals surface area contributed by atoms with E-state index in [4.69, 9.17) is 21.3 Å². The summed E-state index contributed by atoms with van der Waals surface area (Å²) in [6.07, 6.45) is 14.7. The summed E-state index contributed by atoms with van der Waals surface area (Å²) in [5, 5.41) is 14.2. The fraction of sp³-hybridized carbons (Fsp3) is 0.415. The maximum absolute atomic E-state index is 15.7. The van der Waals surface area contributed by atoms with E-state index in [0.717, 1.165) is 99.0 Å². The smallest absolute Gasteiger partial charge is 0.262 e. The average molecular weight is 1060 g/mol. The number of amides is 4. The summed E-state index contributed by atoms with van der Waals surface area (Å²) in [6.45, 7) is 9.43. The second-order valence-corrected chi connectivity index (χ2v) is 24.4. The second kappa shape index (κ2) is 19.9. The summed E-state index contributed by atoms with van der Waals surface area (Å²) in [4.78, 5) is 77.0. The van der Waals surface area contributed by atoms with Crippen molar-refractivity contribution in [1.82, 2.24) is 44.8 Å². The molecular weight excluding hydrogens is 1000 g/mol. The number of aryl methyl sites for hydroxylation is 1. The van der Waals surface area contributed by atoms with Crippen LogP contribution in [0.4, 0.5) is 38.9 Å². The molecule has 390 valence electrons. The lowest BCUT2D eigenvalue weighted by molar-refractivity contribution is -0.136. The summed E-state index contributed by atoms with van der Waals surface area (Å²) < 4.78 is 37.1. The molecule has 5 aliphatic heterocycles. The Morgan fingerprint density at radius 1 is 0.827 bits per heavy atom. The minimum absolute atomic E-state index is 0.0158. The zero-order valence-corrected chi connectivity index (χ0v) is 43.9. The van der Waals surface area contributed by atoms with Crippen molar-refractivity contribution in [1.29, 1.82) is 0 Å². The van der Waals surface area contributed by atoms with E-state index in [-0.39, 0.29) is 46.0 Å². The zero-order valence-electron chi connectivity index (χ0n) is 42.2. The molecule has 19 nitrogen and oxygen atoms in total. The van der Waals surface area contributed by atoms with E-state index in [1.54, 1.807) is 37.5 Å². The van der Waals surface area contributed by atoms with E-state index >= 15 is 4.39 Å². The molecule has 0 radical (unpaired) electrons. The van der Waals surface area contributed by atoms with Crippen LogP contribution in [0.15, 0.2) is 67.4 Å². The fourth-order valence-corrected chi connectivity index (χ4v) is 13.2. The monoisotopic (exact) mass is 1060 g/mol. The number of hydrogen-bond acceptors (Lipinski definition) is 16. The predicted octanol–water partition coefficient (Wildman–Crippen LogP) is 7.36. The van der Waals surface area contributed by atoms with Gasteiger partial charge in [0.1, 0.15) is 35.3 Å². The van der Waals surface area contributed by atoms with Crippen molar-refractivity contribution in [3.8, 4) is 16.9 Å². The van der Waals surface area contributed by atoms with Crippen molar-refractivity contribution in [2.45, 2.75) is 57.4 Å². The van der Waals surface area contributed by atoms with Gasteiger partial charge in [-0.3, -0.25) is 44.0 Å². The van der Waals surface area contributed by atoms with E-state index in [1.165, 1.54) is 12.3 Å². The molecule has 3 aromatic heterocycles. The standard InChI is InChI=1S/C53H58ClFN13O6P/c1-64-30-32(27-59-64)33-24-40(61-52-58-28-36(54)48(63-52)60-39-6-5-38-46(57-16-15-56-38)47(39)75(3,4)73)44(74-2)26-42(33)67-21-13-53(14-22-67)11-19-65(20-12-53)29-31-9-17-66(18-10-31)43-25-35-34(23-37(43)55)50(71)68(51(35)72)41-7-8-45(69)62-49(41)70/h5-6,15-16,23-28,30-31,41H,7-14,17-22,29H2,1-4H3,(H,62,69,70)(H2,58,60,61,63)/t41-/m1/s1. The molecule has 11 rings (SSSR count). The van der Waals surface area contributed by atoms with Crippen LogP contribution >= 0.6 is 18.7 Å². The van der Waals surface area contributed by atoms with E-state index in [0.29, 0.717) is 58.3 Å². The molecule has 4 saturated heterocycles. The Balaban J connectivity index is 0.723. The Labute approximate surface area is 437 Å². The van der Waals surface area contributed by atoms with Gasteiger partial charge in [0.25, 0.3) is 11.8 Å². The van der Waals surface area contributed by atoms with Gasteiger partial charge in [-0.15, -0.1) is 0 Å². The molecule has 22 heteroatoms. The Morgan fingerprint density at radius 2 is 1.53 bits per heavy atom. The van der Waals surface area contributed by atoms with Crippen LogP contribution in [-0.4, -0.2) is 135 Å². The number of piperidine rings is 4. The minimum Gasteiger partial charge on any atom is -0.494 e. The lowest BCUT2D eigenvalue weighted by Gasteiger charge is -2.48. The van der Waals surface area contributed by atoms with Gasteiger partial charge >= 0.3 is 0 Å². The number of methoxy groups -OCH3 is 1. The van der Waals surface area contributed by atoms with Gasteiger partial charge < -0.3 is 34.6 Å². The van der Waals surface area contributed by atoms with Crippen molar-refractivity contribution < 1.29 is 32.9 Å². The number of ether oxygens (including phenoxy) is 1. The highest BCUT2D eigenvalue weighted by atomic mass is 35.5. The maximum Gasteiger partial charge on any atom is 0.262 e. The van der Waals surface area contributed by atoms with Crippen molar-refractivity contribution in [2.24, 2.45) is 18.4 Å². The Hall–Kier alpha value is -7.02. The topological polar surface area (TPSA) is 213 Å². The summed E-state index contributed by atoms with van der Waals surface area (Å²) in [7, 11) is 0.697. The predicted molar refractivity (Wildman–Crippen MR) is 285 cm³/mol. The number of rotatable bonds is 12. The second-order valence-electron chi connectivity index (χ2n) is 20.9. The van der Waals surface area contributed by atoms with Crippen LogP contribution in [0.3, 0.4) is 0 Å². The summed E-state index contributed by atoms with van der Waals surface area (Å²) in [5.74, 6) is -1.42. The first-order valence-corrected chi connectivity index (χ1v) is 28.4. The lowest BCUT2D eigenvalue weighted by atomic mass is 9.71. The summed E-state index contributed by atoms with van der Waals surface area (Å²) in [6, 6.07) is 9.23. The molecule has 0 unspecified atom stereocenters. The van der Waals surface area contributed by atoms with Gasteiger partial charge in [-0.25, -0.2) is 9.37 Å². The molecule has 0 aliphatic carbocycles. The van der Waals surface area contributed by atoms with Crippen LogP contribution < -0.4 is 35.8 Å². The molecule has 6 aromatic rings. The van der Waals surface area contributed by atoms with Crippen molar-refractivity contribution in [3.05, 3.63) is 89.3 Å². The number of halogens is 2. The number of hydrogen-bond donors (Lipinski definition) is 3.